The molecular formula is C28H34F3N5O3. The molecule has 6 rings (SSSR count). The number of hydrogen-bond donors (Lipinski definition) is 3. The van der Waals surface area contributed by atoms with Gasteiger partial charge in [-0.25, -0.2) is 18.2 Å². The van der Waals surface area contributed by atoms with Crippen LogP contribution >= 0.6 is 0 Å². The molecule has 210 valence electrons. The summed E-state index contributed by atoms with van der Waals surface area (Å²) in [6.07, 6.45) is 4.13. The van der Waals surface area contributed by atoms with Gasteiger partial charge < -0.3 is 20.5 Å². The number of benzene rings is 1. The second-order valence-electron chi connectivity index (χ2n) is 12.3. The van der Waals surface area contributed by atoms with Crippen LogP contribution in [0.4, 0.5) is 13.2 Å². The number of fused-ring (bicyclic) bond motifs is 1. The summed E-state index contributed by atoms with van der Waals surface area (Å²) in [5.41, 5.74) is -0.597. The Kier molecular flexibility index (Phi) is 6.18. The number of likely N-dealkylation sites (tertiary alicyclic amines) is 1. The Morgan fingerprint density at radius 3 is 2.56 bits per heavy atom. The average Bonchev–Trinajstić information content (AvgIpc) is 3.47. The maximum atomic E-state index is 14.2. The number of para-hydroxylation sites is 1. The number of alkyl halides is 2. The molecule has 0 unspecified atom stereocenters. The molecule has 4 fully saturated rings. The van der Waals surface area contributed by atoms with Gasteiger partial charge in [-0.3, -0.25) is 14.4 Å². The lowest BCUT2D eigenvalue weighted by atomic mass is 9.50. The lowest BCUT2D eigenvalue weighted by Gasteiger charge is -2.56. The Bertz CT molecular complexity index is 1310. The SMILES string of the molecule is C[C@@H]1CCCCN1C(=O)C[C@@H](NC(=O)C1CC2(C1)CC(F)(F)C2)C(=O)NC1(c2nc3c(F)cccc3[nH]2)CC1. The standard InChI is InChI=1S/C28H34F3N5O3/c1-16-5-2-3-10-36(16)21(37)11-20(32-23(38)17-12-26(13-17)14-28(30,31)15-26)24(39)35-27(8-9-27)25-33-19-7-4-6-18(29)22(19)34-25/h4,6-7,16-17,20H,2-3,5,8-15H2,1H3,(H,32,38)(H,33,34)(H,35,39)/t16-,20-/m1/s1. The van der Waals surface area contributed by atoms with Crippen molar-refractivity contribution in [3.05, 3.63) is 29.8 Å². The highest BCUT2D eigenvalue weighted by Gasteiger charge is 2.63. The van der Waals surface area contributed by atoms with Crippen LogP contribution in [0, 0.1) is 17.2 Å². The van der Waals surface area contributed by atoms with Crippen molar-refractivity contribution in [3.8, 4) is 0 Å². The fraction of sp³-hybridized carbons (Fsp3) is 0.643. The lowest BCUT2D eigenvalue weighted by Crippen LogP contribution is -2.59. The number of hydrogen-bond acceptors (Lipinski definition) is 4. The summed E-state index contributed by atoms with van der Waals surface area (Å²) in [6, 6.07) is 3.54. The van der Waals surface area contributed by atoms with Crippen molar-refractivity contribution in [2.24, 2.45) is 11.3 Å². The zero-order chi connectivity index (χ0) is 27.6. The van der Waals surface area contributed by atoms with Crippen molar-refractivity contribution in [2.75, 3.05) is 6.54 Å². The predicted molar refractivity (Wildman–Crippen MR) is 136 cm³/mol. The number of halogens is 3. The van der Waals surface area contributed by atoms with Crippen LogP contribution in [-0.2, 0) is 19.9 Å². The van der Waals surface area contributed by atoms with E-state index in [9.17, 15) is 27.6 Å². The Balaban J connectivity index is 1.16. The molecule has 2 atom stereocenters. The molecule has 1 aromatic heterocycles. The molecule has 3 saturated carbocycles. The number of aromatic nitrogens is 2. The number of nitrogens with one attached hydrogen (secondary N) is 3. The smallest absolute Gasteiger partial charge is 0.249 e. The molecule has 0 bridgehead atoms. The number of aromatic amines is 1. The monoisotopic (exact) mass is 545 g/mol. The molecule has 1 aliphatic heterocycles. The first-order chi connectivity index (χ1) is 18.5. The minimum atomic E-state index is -2.65. The van der Waals surface area contributed by atoms with Gasteiger partial charge in [0.2, 0.25) is 23.6 Å². The third-order valence-corrected chi connectivity index (χ3v) is 9.16. The molecule has 3 aliphatic carbocycles. The van der Waals surface area contributed by atoms with Crippen LogP contribution in [0.5, 0.6) is 0 Å². The number of piperidine rings is 1. The molecule has 39 heavy (non-hydrogen) atoms. The van der Waals surface area contributed by atoms with Crippen LogP contribution in [0.15, 0.2) is 18.2 Å². The summed E-state index contributed by atoms with van der Waals surface area (Å²) in [5.74, 6) is -4.24. The Morgan fingerprint density at radius 1 is 1.18 bits per heavy atom. The van der Waals surface area contributed by atoms with Crippen molar-refractivity contribution in [1.82, 2.24) is 25.5 Å². The van der Waals surface area contributed by atoms with Crippen molar-refractivity contribution < 1.29 is 27.6 Å². The molecule has 4 aliphatic rings. The zero-order valence-electron chi connectivity index (χ0n) is 22.0. The number of H-pyrrole nitrogens is 1. The van der Waals surface area contributed by atoms with E-state index < -0.39 is 40.6 Å². The predicted octanol–water partition coefficient (Wildman–Crippen LogP) is 3.91. The minimum absolute atomic E-state index is 0.0534. The van der Waals surface area contributed by atoms with Crippen LogP contribution in [0.3, 0.4) is 0 Å². The summed E-state index contributed by atoms with van der Waals surface area (Å²) in [7, 11) is 0. The average molecular weight is 546 g/mol. The number of carbonyl (C=O) groups is 3. The van der Waals surface area contributed by atoms with Crippen LogP contribution in [-0.4, -0.2) is 57.1 Å². The van der Waals surface area contributed by atoms with E-state index in [-0.39, 0.29) is 42.6 Å². The van der Waals surface area contributed by atoms with E-state index in [2.05, 4.69) is 20.6 Å². The summed E-state index contributed by atoms with van der Waals surface area (Å²) < 4.78 is 41.1. The Labute approximate surface area is 224 Å². The van der Waals surface area contributed by atoms with Crippen molar-refractivity contribution in [2.45, 2.75) is 94.7 Å². The fourth-order valence-corrected chi connectivity index (χ4v) is 6.86. The lowest BCUT2D eigenvalue weighted by molar-refractivity contribution is -0.207. The van der Waals surface area contributed by atoms with E-state index >= 15 is 0 Å². The van der Waals surface area contributed by atoms with Crippen LogP contribution in [0.1, 0.15) is 77.0 Å². The van der Waals surface area contributed by atoms with Gasteiger partial charge in [-0.2, -0.15) is 0 Å². The first-order valence-corrected chi connectivity index (χ1v) is 13.9. The third-order valence-electron chi connectivity index (χ3n) is 9.16. The van der Waals surface area contributed by atoms with Crippen molar-refractivity contribution in [3.63, 3.8) is 0 Å². The zero-order valence-corrected chi connectivity index (χ0v) is 22.0. The molecule has 3 amide bonds. The van der Waals surface area contributed by atoms with Gasteiger partial charge in [0.05, 0.1) is 17.5 Å². The Hall–Kier alpha value is -3.11. The summed E-state index contributed by atoms with van der Waals surface area (Å²) in [5, 5.41) is 5.74. The highest BCUT2D eigenvalue weighted by atomic mass is 19.3. The quantitative estimate of drug-likeness (QED) is 0.491. The number of nitrogens with zero attached hydrogens (tertiary/aromatic N) is 2. The van der Waals surface area contributed by atoms with Gasteiger partial charge in [-0.15, -0.1) is 0 Å². The summed E-state index contributed by atoms with van der Waals surface area (Å²) in [4.78, 5) is 49.2. The van der Waals surface area contributed by atoms with Gasteiger partial charge in [0.1, 0.15) is 17.4 Å². The number of imidazole rings is 1. The van der Waals surface area contributed by atoms with Crippen LogP contribution < -0.4 is 10.6 Å². The highest BCUT2D eigenvalue weighted by Crippen LogP contribution is 2.64. The molecular weight excluding hydrogens is 511 g/mol. The van der Waals surface area contributed by atoms with E-state index in [0.29, 0.717) is 43.6 Å². The molecule has 2 aromatic rings. The van der Waals surface area contributed by atoms with Crippen LogP contribution in [0.25, 0.3) is 11.0 Å². The van der Waals surface area contributed by atoms with E-state index in [0.717, 1.165) is 19.3 Å². The van der Waals surface area contributed by atoms with Gasteiger partial charge in [0, 0.05) is 31.3 Å². The number of rotatable bonds is 7. The first-order valence-electron chi connectivity index (χ1n) is 13.9. The highest BCUT2D eigenvalue weighted by molar-refractivity contribution is 5.93. The van der Waals surface area contributed by atoms with Gasteiger partial charge in [-0.05, 0) is 69.4 Å². The molecule has 2 heterocycles. The third kappa shape index (κ3) is 4.89. The second kappa shape index (κ2) is 9.23. The number of carbonyl (C=O) groups excluding carboxylic acids is 3. The van der Waals surface area contributed by atoms with Gasteiger partial charge in [0.25, 0.3) is 0 Å². The van der Waals surface area contributed by atoms with Crippen molar-refractivity contribution in [1.29, 1.82) is 0 Å². The summed E-state index contributed by atoms with van der Waals surface area (Å²) in [6.45, 7) is 2.59. The largest absolute Gasteiger partial charge is 0.344 e. The molecule has 11 heteroatoms. The van der Waals surface area contributed by atoms with Gasteiger partial charge >= 0.3 is 0 Å². The maximum Gasteiger partial charge on any atom is 0.249 e. The van der Waals surface area contributed by atoms with E-state index in [1.165, 1.54) is 6.07 Å². The maximum absolute atomic E-state index is 14.2. The topological polar surface area (TPSA) is 107 Å². The molecule has 1 spiro atoms. The van der Waals surface area contributed by atoms with Crippen molar-refractivity contribution >= 4 is 28.8 Å². The van der Waals surface area contributed by atoms with Gasteiger partial charge in [0.15, 0.2) is 5.82 Å². The van der Waals surface area contributed by atoms with E-state index in [4.69, 9.17) is 0 Å². The second-order valence-corrected chi connectivity index (χ2v) is 12.3. The minimum Gasteiger partial charge on any atom is -0.344 e. The molecule has 3 N–H and O–H groups in total. The molecule has 1 saturated heterocycles. The molecule has 8 nitrogen and oxygen atoms in total. The Morgan fingerprint density at radius 2 is 1.92 bits per heavy atom. The molecule has 0 radical (unpaired) electrons. The number of amides is 3. The summed E-state index contributed by atoms with van der Waals surface area (Å²) >= 11 is 0. The van der Waals surface area contributed by atoms with Crippen LogP contribution in [0.2, 0.25) is 0 Å². The van der Waals surface area contributed by atoms with E-state index in [1.807, 2.05) is 6.92 Å². The van der Waals surface area contributed by atoms with E-state index in [1.54, 1.807) is 17.0 Å². The normalized spacial score (nSPS) is 25.4. The fourth-order valence-electron chi connectivity index (χ4n) is 6.86. The van der Waals surface area contributed by atoms with Gasteiger partial charge in [-0.1, -0.05) is 6.07 Å². The molecule has 1 aromatic carbocycles. The first kappa shape index (κ1) is 26.1.